The number of rotatable bonds is 29. The Balaban J connectivity index is 2.11. The maximum Gasteiger partial charge on any atom is 0.245 e. The molecule has 1 aliphatic rings. The van der Waals surface area contributed by atoms with Crippen LogP contribution in [0.5, 0.6) is 0 Å². The maximum absolute atomic E-state index is 14.7. The first-order valence-corrected chi connectivity index (χ1v) is 24.1. The summed E-state index contributed by atoms with van der Waals surface area (Å²) in [6.07, 6.45) is -8.20. The molecule has 28 heteroatoms. The topological polar surface area (TPSA) is 477 Å². The van der Waals surface area contributed by atoms with E-state index < -0.39 is 157 Å². The third-order valence-electron chi connectivity index (χ3n) is 11.8. The van der Waals surface area contributed by atoms with Crippen molar-refractivity contribution in [2.75, 3.05) is 13.2 Å². The van der Waals surface area contributed by atoms with Gasteiger partial charge in [0.15, 0.2) is 6.23 Å². The van der Waals surface area contributed by atoms with E-state index in [-0.39, 0.29) is 31.7 Å². The Hall–Kier alpha value is -6.82. The van der Waals surface area contributed by atoms with Crippen LogP contribution < -0.4 is 65.5 Å². The number of unbranched alkanes of at least 4 members (excludes halogenated alkanes) is 1. The quantitative estimate of drug-likeness (QED) is 0.0337. The summed E-state index contributed by atoms with van der Waals surface area (Å²) in [5, 5.41) is 61.5. The first kappa shape index (κ1) is 61.5. The van der Waals surface area contributed by atoms with Crippen LogP contribution in [-0.2, 0) is 59.1 Å². The largest absolute Gasteiger partial charge is 0.394 e. The minimum atomic E-state index is -2.07. The second kappa shape index (κ2) is 29.2. The number of ether oxygens (including phenoxy) is 1. The predicted molar refractivity (Wildman–Crippen MR) is 262 cm³/mol. The van der Waals surface area contributed by atoms with Crippen molar-refractivity contribution < 1.29 is 73.1 Å². The third kappa shape index (κ3) is 18.6. The fourth-order valence-electron chi connectivity index (χ4n) is 7.91. The molecule has 10 amide bonds. The molecular weight excluding hydrogens is 975 g/mol. The summed E-state index contributed by atoms with van der Waals surface area (Å²) in [6, 6.07) is -5.59. The van der Waals surface area contributed by atoms with Crippen molar-refractivity contribution in [3.8, 4) is 0 Å². The zero-order valence-electron chi connectivity index (χ0n) is 41.9. The zero-order chi connectivity index (χ0) is 55.6. The van der Waals surface area contributed by atoms with Gasteiger partial charge < -0.3 is 95.6 Å². The Labute approximate surface area is 426 Å². The molecule has 74 heavy (non-hydrogen) atoms. The van der Waals surface area contributed by atoms with Gasteiger partial charge >= 0.3 is 0 Å². The highest BCUT2D eigenvalue weighted by atomic mass is 16.5. The number of carbonyl (C=O) groups excluding carboxylic acids is 10. The molecule has 1 aliphatic heterocycles. The first-order valence-electron chi connectivity index (χ1n) is 24.1. The van der Waals surface area contributed by atoms with Crippen molar-refractivity contribution in [3.63, 3.8) is 0 Å². The highest BCUT2D eigenvalue weighted by molar-refractivity contribution is 6.00. The number of para-hydroxylation sites is 1. The molecule has 0 bridgehead atoms. The molecule has 21 N–H and O–H groups in total. The number of carbonyl (C=O) groups is 10. The number of amides is 10. The average molecular weight is 1050 g/mol. The van der Waals surface area contributed by atoms with E-state index in [0.717, 1.165) is 13.8 Å². The molecule has 13 atom stereocenters. The van der Waals surface area contributed by atoms with Crippen molar-refractivity contribution in [2.24, 2.45) is 28.9 Å². The number of hydrogen-bond acceptors (Lipinski definition) is 17. The average Bonchev–Trinajstić information content (AvgIpc) is 3.73. The van der Waals surface area contributed by atoms with Gasteiger partial charge in [-0.15, -0.1) is 0 Å². The van der Waals surface area contributed by atoms with Crippen LogP contribution >= 0.6 is 0 Å². The van der Waals surface area contributed by atoms with Gasteiger partial charge in [-0.25, -0.2) is 0 Å². The highest BCUT2D eigenvalue weighted by Crippen LogP contribution is 2.22. The van der Waals surface area contributed by atoms with Crippen molar-refractivity contribution in [2.45, 2.75) is 159 Å². The standard InChI is InChI=1S/C46H73N13O15/c1-20(2)14-28(39(50)67)54-45(73)35(22(4)61)59-44(72)30(16-33(49)63)56-43(71)31(17-34(64)58-46-36(52-23(5)62)38(66)37(65)32(19-60)74-46)57-42(70)29(15-24-18-51-26-11-7-6-10-25(24)26)55-41(69)27(12-8-9-13-47)53-40(68)21(3)48/h6-7,10-11,18,20-22,27-32,35-38,46,51,60-61,65-66H,8-9,12-17,19,47-48H2,1-5H3,(H2,49,63)(H2,50,67)(H,52,62)(H,53,68)(H,54,73)(H,55,69)(H,56,71)(H,57,70)(H,58,64)(H,59,72)/t21-,22+,27-,28-,29-,30-,31-,32+,35-,36+,37+,38+,46+/m0/s1. The van der Waals surface area contributed by atoms with Gasteiger partial charge in [0.25, 0.3) is 0 Å². The van der Waals surface area contributed by atoms with Crippen LogP contribution in [-0.4, -0.2) is 177 Å². The van der Waals surface area contributed by atoms with Gasteiger partial charge in [0.2, 0.25) is 59.1 Å². The van der Waals surface area contributed by atoms with Gasteiger partial charge in [-0.2, -0.15) is 0 Å². The monoisotopic (exact) mass is 1050 g/mol. The van der Waals surface area contributed by atoms with Crippen molar-refractivity contribution in [1.29, 1.82) is 0 Å². The lowest BCUT2D eigenvalue weighted by Gasteiger charge is -2.42. The van der Waals surface area contributed by atoms with Gasteiger partial charge in [0, 0.05) is 30.4 Å². The summed E-state index contributed by atoms with van der Waals surface area (Å²) in [5.74, 6) is -10.5. The Bertz CT molecular complexity index is 2300. The van der Waals surface area contributed by atoms with E-state index in [4.69, 9.17) is 27.7 Å². The Kier molecular flexibility index (Phi) is 24.2. The van der Waals surface area contributed by atoms with E-state index in [2.05, 4.69) is 47.5 Å². The fraction of sp³-hybridized carbons (Fsp3) is 0.609. The Morgan fingerprint density at radius 2 is 1.28 bits per heavy atom. The molecule has 28 nitrogen and oxygen atoms in total. The van der Waals surface area contributed by atoms with E-state index >= 15 is 0 Å². The number of benzene rings is 1. The van der Waals surface area contributed by atoms with Gasteiger partial charge in [0.05, 0.1) is 31.6 Å². The molecule has 412 valence electrons. The number of aromatic amines is 1. The Morgan fingerprint density at radius 3 is 1.85 bits per heavy atom. The maximum atomic E-state index is 14.7. The number of aromatic nitrogens is 1. The lowest BCUT2D eigenvalue weighted by Crippen LogP contribution is -2.68. The second-order valence-electron chi connectivity index (χ2n) is 18.6. The van der Waals surface area contributed by atoms with Crippen LogP contribution in [0.2, 0.25) is 0 Å². The molecule has 1 aromatic carbocycles. The smallest absolute Gasteiger partial charge is 0.245 e. The summed E-state index contributed by atoms with van der Waals surface area (Å²) >= 11 is 0. The van der Waals surface area contributed by atoms with Gasteiger partial charge in [-0.1, -0.05) is 32.0 Å². The van der Waals surface area contributed by atoms with Crippen LogP contribution in [0.4, 0.5) is 0 Å². The number of H-pyrrole nitrogens is 1. The van der Waals surface area contributed by atoms with Crippen LogP contribution in [0.3, 0.4) is 0 Å². The number of fused-ring (bicyclic) bond motifs is 1. The summed E-state index contributed by atoms with van der Waals surface area (Å²) in [5.41, 5.74) is 23.5. The van der Waals surface area contributed by atoms with Gasteiger partial charge in [-0.05, 0) is 63.6 Å². The van der Waals surface area contributed by atoms with Crippen molar-refractivity contribution in [3.05, 3.63) is 36.0 Å². The van der Waals surface area contributed by atoms with Crippen molar-refractivity contribution >= 4 is 70.0 Å². The number of nitrogens with one attached hydrogen (secondary N) is 9. The lowest BCUT2D eigenvalue weighted by atomic mass is 9.95. The number of primary amides is 2. The number of nitrogens with two attached hydrogens (primary N) is 4. The lowest BCUT2D eigenvalue weighted by molar-refractivity contribution is -0.203. The van der Waals surface area contributed by atoms with E-state index in [1.54, 1.807) is 44.3 Å². The van der Waals surface area contributed by atoms with E-state index in [9.17, 15) is 68.4 Å². The van der Waals surface area contributed by atoms with Crippen LogP contribution in [0.15, 0.2) is 30.5 Å². The number of aliphatic hydroxyl groups is 4. The highest BCUT2D eigenvalue weighted by Gasteiger charge is 2.46. The van der Waals surface area contributed by atoms with Crippen LogP contribution in [0.25, 0.3) is 10.9 Å². The molecule has 1 saturated heterocycles. The molecule has 0 unspecified atom stereocenters. The zero-order valence-corrected chi connectivity index (χ0v) is 41.9. The normalized spacial score (nSPS) is 20.7. The molecule has 3 rings (SSSR count). The summed E-state index contributed by atoms with van der Waals surface area (Å²) in [4.78, 5) is 137. The minimum absolute atomic E-state index is 0.0598. The summed E-state index contributed by atoms with van der Waals surface area (Å²) in [7, 11) is 0. The third-order valence-corrected chi connectivity index (χ3v) is 11.8. The SMILES string of the molecule is CC(=O)N[C@@H]1[C@@H](O)[C@H](O)[C@@H](CO)O[C@H]1NC(=O)C[C@H](NC(=O)[C@H](Cc1c[nH]c2ccccc12)NC(=O)[C@H](CCCCN)NC(=O)[C@H](C)N)C(=O)N[C@@H](CC(N)=O)C(=O)N[C@H](C(=O)N[C@@H](CC(C)C)C(N)=O)[C@@H](C)O. The first-order chi connectivity index (χ1) is 34.8. The summed E-state index contributed by atoms with van der Waals surface area (Å²) in [6.45, 7) is 6.46. The predicted octanol–water partition coefficient (Wildman–Crippen LogP) is -6.67. The van der Waals surface area contributed by atoms with E-state index in [0.29, 0.717) is 29.3 Å². The molecule has 2 heterocycles. The molecule has 1 fully saturated rings. The molecule has 2 aromatic rings. The van der Waals surface area contributed by atoms with Crippen LogP contribution in [0.1, 0.15) is 78.7 Å². The molecule has 0 spiro atoms. The molecule has 0 radical (unpaired) electrons. The van der Waals surface area contributed by atoms with E-state index in [1.165, 1.54) is 6.92 Å². The molecule has 0 aliphatic carbocycles. The molecular formula is C46H73N13O15. The van der Waals surface area contributed by atoms with Gasteiger partial charge in [0.1, 0.15) is 60.6 Å². The number of hydrogen-bond donors (Lipinski definition) is 17. The Morgan fingerprint density at radius 1 is 0.716 bits per heavy atom. The summed E-state index contributed by atoms with van der Waals surface area (Å²) < 4.78 is 5.60. The minimum Gasteiger partial charge on any atom is -0.394 e. The number of aliphatic hydroxyl groups excluding tert-OH is 4. The molecule has 1 aromatic heterocycles. The van der Waals surface area contributed by atoms with Crippen LogP contribution in [0, 0.1) is 5.92 Å². The fourth-order valence-corrected chi connectivity index (χ4v) is 7.91. The second-order valence-corrected chi connectivity index (χ2v) is 18.6. The molecule has 0 saturated carbocycles. The van der Waals surface area contributed by atoms with Crippen molar-refractivity contribution in [1.82, 2.24) is 47.5 Å². The van der Waals surface area contributed by atoms with Gasteiger partial charge in [-0.3, -0.25) is 47.9 Å². The van der Waals surface area contributed by atoms with E-state index in [1.807, 2.05) is 0 Å².